The standard InChI is InChI=1S/C18H19ClN6O/c1-4-6-21-17(26)18(2,3)25-14-5-7-20-16(24-14)13-10-23-15-12(13)8-11(19)9-22-15/h1,5,7-10,15,22-23H,6H2,2-3H3,(H,21,26)(H,20,24,25). The van der Waals surface area contributed by atoms with E-state index in [1.165, 1.54) is 0 Å². The highest BCUT2D eigenvalue weighted by Crippen LogP contribution is 2.31. The van der Waals surface area contributed by atoms with Crippen molar-refractivity contribution in [2.45, 2.75) is 25.6 Å². The van der Waals surface area contributed by atoms with Gasteiger partial charge in [-0.25, -0.2) is 9.97 Å². The average molecular weight is 371 g/mol. The summed E-state index contributed by atoms with van der Waals surface area (Å²) < 4.78 is 0. The van der Waals surface area contributed by atoms with Crippen molar-refractivity contribution in [2.75, 3.05) is 11.9 Å². The van der Waals surface area contributed by atoms with Gasteiger partial charge in [-0.15, -0.1) is 6.42 Å². The molecular weight excluding hydrogens is 352 g/mol. The molecule has 1 amide bonds. The van der Waals surface area contributed by atoms with E-state index in [1.807, 2.05) is 12.3 Å². The summed E-state index contributed by atoms with van der Waals surface area (Å²) in [6.07, 6.45) is 12.2. The van der Waals surface area contributed by atoms with E-state index in [2.05, 4.69) is 37.2 Å². The van der Waals surface area contributed by atoms with E-state index in [-0.39, 0.29) is 18.6 Å². The summed E-state index contributed by atoms with van der Waals surface area (Å²) in [5, 5.41) is 12.7. The van der Waals surface area contributed by atoms with Gasteiger partial charge in [0, 0.05) is 29.7 Å². The first-order valence-electron chi connectivity index (χ1n) is 8.04. The van der Waals surface area contributed by atoms with Crippen molar-refractivity contribution in [3.63, 3.8) is 0 Å². The number of anilines is 1. The second kappa shape index (κ2) is 7.10. The zero-order valence-corrected chi connectivity index (χ0v) is 15.2. The molecular formula is C18H19ClN6O. The molecule has 0 bridgehead atoms. The number of allylic oxidation sites excluding steroid dienone is 2. The molecule has 1 aromatic rings. The van der Waals surface area contributed by atoms with Gasteiger partial charge in [-0.05, 0) is 26.0 Å². The van der Waals surface area contributed by atoms with E-state index in [0.29, 0.717) is 16.7 Å². The summed E-state index contributed by atoms with van der Waals surface area (Å²) in [4.78, 5) is 21.1. The second-order valence-electron chi connectivity index (χ2n) is 6.36. The highest BCUT2D eigenvalue weighted by Gasteiger charge is 2.29. The fourth-order valence-corrected chi connectivity index (χ4v) is 2.81. The van der Waals surface area contributed by atoms with Crippen molar-refractivity contribution in [1.82, 2.24) is 25.9 Å². The van der Waals surface area contributed by atoms with Crippen LogP contribution in [0.4, 0.5) is 5.82 Å². The molecule has 26 heavy (non-hydrogen) atoms. The number of hydrogen-bond acceptors (Lipinski definition) is 6. The van der Waals surface area contributed by atoms with Gasteiger partial charge in [-0.2, -0.15) is 0 Å². The fraction of sp³-hybridized carbons (Fsp3) is 0.278. The van der Waals surface area contributed by atoms with E-state index in [9.17, 15) is 4.79 Å². The Bertz CT molecular complexity index is 865. The zero-order valence-electron chi connectivity index (χ0n) is 14.4. The van der Waals surface area contributed by atoms with Gasteiger partial charge in [-0.3, -0.25) is 4.79 Å². The summed E-state index contributed by atoms with van der Waals surface area (Å²) in [7, 11) is 0. The Hall–Kier alpha value is -2.98. The molecule has 0 saturated carbocycles. The fourth-order valence-electron chi connectivity index (χ4n) is 2.63. The number of dihydropyridines is 1. The Balaban J connectivity index is 1.80. The highest BCUT2D eigenvalue weighted by molar-refractivity contribution is 6.31. The van der Waals surface area contributed by atoms with E-state index in [0.717, 1.165) is 11.1 Å². The number of halogens is 1. The van der Waals surface area contributed by atoms with E-state index < -0.39 is 5.54 Å². The Morgan fingerprint density at radius 2 is 2.19 bits per heavy atom. The first kappa shape index (κ1) is 17.8. The molecule has 8 heteroatoms. The zero-order chi connectivity index (χ0) is 18.7. The van der Waals surface area contributed by atoms with Crippen LogP contribution in [0.1, 0.15) is 19.7 Å². The average Bonchev–Trinajstić information content (AvgIpc) is 3.02. The van der Waals surface area contributed by atoms with Crippen molar-refractivity contribution < 1.29 is 4.79 Å². The molecule has 0 radical (unpaired) electrons. The maximum absolute atomic E-state index is 12.2. The molecule has 1 aromatic heterocycles. The minimum Gasteiger partial charge on any atom is -0.367 e. The van der Waals surface area contributed by atoms with Crippen molar-refractivity contribution in [3.8, 4) is 12.3 Å². The minimum absolute atomic E-state index is 0.0568. The van der Waals surface area contributed by atoms with Gasteiger partial charge in [0.05, 0.1) is 11.6 Å². The molecule has 2 aliphatic rings. The van der Waals surface area contributed by atoms with E-state index in [4.69, 9.17) is 18.0 Å². The lowest BCUT2D eigenvalue weighted by molar-refractivity contribution is -0.124. The molecule has 0 saturated heterocycles. The third-order valence-corrected chi connectivity index (χ3v) is 4.17. The van der Waals surface area contributed by atoms with Crippen molar-refractivity contribution >= 4 is 28.9 Å². The smallest absolute Gasteiger partial charge is 0.245 e. The molecule has 3 heterocycles. The maximum Gasteiger partial charge on any atom is 0.245 e. The van der Waals surface area contributed by atoms with Crippen LogP contribution in [0, 0.1) is 12.3 Å². The van der Waals surface area contributed by atoms with Crippen LogP contribution in [0.3, 0.4) is 0 Å². The highest BCUT2D eigenvalue weighted by atomic mass is 35.5. The number of hydrogen-bond donors (Lipinski definition) is 4. The first-order valence-corrected chi connectivity index (χ1v) is 8.42. The molecule has 0 aliphatic carbocycles. The summed E-state index contributed by atoms with van der Waals surface area (Å²) >= 11 is 6.09. The number of rotatable bonds is 5. The van der Waals surface area contributed by atoms with Gasteiger partial charge in [0.15, 0.2) is 5.82 Å². The topological polar surface area (TPSA) is 91.0 Å². The van der Waals surface area contributed by atoms with Crippen LogP contribution in [-0.2, 0) is 4.79 Å². The summed E-state index contributed by atoms with van der Waals surface area (Å²) in [5.74, 6) is 3.23. The SMILES string of the molecule is C#CCNC(=O)C(C)(C)Nc1ccnc(C2=CNC3NC=C(Cl)C=C23)n1. The molecule has 0 spiro atoms. The molecule has 134 valence electrons. The predicted molar refractivity (Wildman–Crippen MR) is 102 cm³/mol. The Kier molecular flexibility index (Phi) is 4.87. The number of carbonyl (C=O) groups excluding carboxylic acids is 1. The van der Waals surface area contributed by atoms with E-state index >= 15 is 0 Å². The van der Waals surface area contributed by atoms with Crippen LogP contribution in [-0.4, -0.2) is 34.1 Å². The Morgan fingerprint density at radius 1 is 1.42 bits per heavy atom. The summed E-state index contributed by atoms with van der Waals surface area (Å²) in [5.41, 5.74) is 0.915. The number of nitrogens with one attached hydrogen (secondary N) is 4. The number of fused-ring (bicyclic) bond motifs is 1. The van der Waals surface area contributed by atoms with E-state index in [1.54, 1.807) is 32.3 Å². The largest absolute Gasteiger partial charge is 0.367 e. The van der Waals surface area contributed by atoms with Crippen molar-refractivity contribution in [3.05, 3.63) is 47.2 Å². The molecule has 0 fully saturated rings. The lowest BCUT2D eigenvalue weighted by Gasteiger charge is -2.25. The third-order valence-electron chi connectivity index (χ3n) is 3.95. The van der Waals surface area contributed by atoms with Crippen LogP contribution in [0.5, 0.6) is 0 Å². The lowest BCUT2D eigenvalue weighted by atomic mass is 10.0. The second-order valence-corrected chi connectivity index (χ2v) is 6.79. The number of aromatic nitrogens is 2. The molecule has 1 atom stereocenters. The number of nitrogens with zero attached hydrogens (tertiary/aromatic N) is 2. The van der Waals surface area contributed by atoms with Gasteiger partial charge in [0.1, 0.15) is 17.5 Å². The van der Waals surface area contributed by atoms with Gasteiger partial charge in [-0.1, -0.05) is 17.5 Å². The predicted octanol–water partition coefficient (Wildman–Crippen LogP) is 1.30. The normalized spacial score (nSPS) is 18.2. The molecule has 1 unspecified atom stereocenters. The first-order chi connectivity index (χ1) is 12.4. The molecule has 3 rings (SSSR count). The number of carbonyl (C=O) groups is 1. The van der Waals surface area contributed by atoms with Gasteiger partial charge in [0.2, 0.25) is 5.91 Å². The van der Waals surface area contributed by atoms with Crippen molar-refractivity contribution in [2.24, 2.45) is 0 Å². The van der Waals surface area contributed by atoms with Crippen LogP contribution in [0.2, 0.25) is 0 Å². The quantitative estimate of drug-likeness (QED) is 0.584. The van der Waals surface area contributed by atoms with Crippen LogP contribution in [0.15, 0.2) is 41.3 Å². The molecule has 4 N–H and O–H groups in total. The van der Waals surface area contributed by atoms with Crippen LogP contribution in [0.25, 0.3) is 5.57 Å². The van der Waals surface area contributed by atoms with Crippen molar-refractivity contribution in [1.29, 1.82) is 0 Å². The molecule has 2 aliphatic heterocycles. The van der Waals surface area contributed by atoms with Gasteiger partial charge < -0.3 is 21.3 Å². The van der Waals surface area contributed by atoms with Crippen LogP contribution >= 0.6 is 11.6 Å². The van der Waals surface area contributed by atoms with Crippen LogP contribution < -0.4 is 21.3 Å². The van der Waals surface area contributed by atoms with Gasteiger partial charge in [0.25, 0.3) is 0 Å². The summed E-state index contributed by atoms with van der Waals surface area (Å²) in [6, 6.07) is 1.71. The third kappa shape index (κ3) is 3.65. The monoisotopic (exact) mass is 370 g/mol. The van der Waals surface area contributed by atoms with Gasteiger partial charge >= 0.3 is 0 Å². The number of amides is 1. The molecule has 7 nitrogen and oxygen atoms in total. The lowest BCUT2D eigenvalue weighted by Crippen LogP contribution is -2.48. The maximum atomic E-state index is 12.2. The molecule has 0 aromatic carbocycles. The number of terminal acetylenes is 1. The Morgan fingerprint density at radius 3 is 2.96 bits per heavy atom. The minimum atomic E-state index is -0.884. The Labute approximate surface area is 157 Å². The summed E-state index contributed by atoms with van der Waals surface area (Å²) in [6.45, 7) is 3.69.